The number of ketones is 1. The molecule has 3 rings (SSSR count). The van der Waals surface area contributed by atoms with Crippen LogP contribution in [0.3, 0.4) is 0 Å². The third kappa shape index (κ3) is 4.50. The molecule has 3 aromatic rings. The number of nitrogens with two attached hydrogens (primary N) is 1. The first kappa shape index (κ1) is 20.1. The standard InChI is InChI=1S/C13H10O5.C7H7NO2/c14-9-5-1-3-7(12(9)17)11(16)8-4-2-6-10(15)13(8)18;8-6-3-1-5(2-4-6)7(9)10/h1-6,14-15,17-18H;1-4H,8H2,(H,9,10). The van der Waals surface area contributed by atoms with E-state index < -0.39 is 34.8 Å². The van der Waals surface area contributed by atoms with Gasteiger partial charge in [0.05, 0.1) is 16.7 Å². The number of carbonyl (C=O) groups is 2. The Morgan fingerprint density at radius 2 is 1.11 bits per heavy atom. The summed E-state index contributed by atoms with van der Waals surface area (Å²) >= 11 is 0. The summed E-state index contributed by atoms with van der Waals surface area (Å²) in [5, 5.41) is 46.2. The number of phenols is 4. The summed E-state index contributed by atoms with van der Waals surface area (Å²) in [4.78, 5) is 22.3. The molecule has 28 heavy (non-hydrogen) atoms. The molecule has 0 aliphatic rings. The third-order valence-electron chi connectivity index (χ3n) is 3.68. The van der Waals surface area contributed by atoms with Crippen molar-refractivity contribution in [2.45, 2.75) is 0 Å². The molecule has 0 amide bonds. The summed E-state index contributed by atoms with van der Waals surface area (Å²) in [6, 6.07) is 13.9. The number of benzene rings is 3. The second kappa shape index (κ2) is 8.45. The molecule has 0 bridgehead atoms. The van der Waals surface area contributed by atoms with Gasteiger partial charge >= 0.3 is 5.97 Å². The van der Waals surface area contributed by atoms with Gasteiger partial charge in [0.25, 0.3) is 0 Å². The van der Waals surface area contributed by atoms with E-state index in [0.717, 1.165) is 0 Å². The highest BCUT2D eigenvalue weighted by Gasteiger charge is 2.20. The molecular formula is C20H17NO7. The molecule has 0 aromatic heterocycles. The molecule has 144 valence electrons. The van der Waals surface area contributed by atoms with Gasteiger partial charge in [-0.25, -0.2) is 4.79 Å². The average Bonchev–Trinajstić information content (AvgIpc) is 2.66. The summed E-state index contributed by atoms with van der Waals surface area (Å²) in [5.41, 5.74) is 5.85. The first-order chi connectivity index (χ1) is 13.2. The van der Waals surface area contributed by atoms with Crippen LogP contribution in [0.25, 0.3) is 0 Å². The largest absolute Gasteiger partial charge is 0.504 e. The highest BCUT2D eigenvalue weighted by Crippen LogP contribution is 2.34. The van der Waals surface area contributed by atoms with Crippen LogP contribution in [-0.2, 0) is 0 Å². The topological polar surface area (TPSA) is 161 Å². The Kier molecular flexibility index (Phi) is 6.07. The molecule has 0 spiro atoms. The average molecular weight is 383 g/mol. The molecule has 8 heteroatoms. The number of carbonyl (C=O) groups excluding carboxylic acids is 1. The maximum absolute atomic E-state index is 12.1. The first-order valence-electron chi connectivity index (χ1n) is 7.87. The van der Waals surface area contributed by atoms with Gasteiger partial charge in [0, 0.05) is 5.69 Å². The van der Waals surface area contributed by atoms with E-state index in [2.05, 4.69) is 0 Å². The normalized spacial score (nSPS) is 9.86. The van der Waals surface area contributed by atoms with Crippen LogP contribution in [0.15, 0.2) is 60.7 Å². The minimum atomic E-state index is -0.931. The summed E-state index contributed by atoms with van der Waals surface area (Å²) < 4.78 is 0. The van der Waals surface area contributed by atoms with Crippen molar-refractivity contribution in [2.24, 2.45) is 0 Å². The van der Waals surface area contributed by atoms with Crippen LogP contribution in [-0.4, -0.2) is 37.3 Å². The number of hydrogen-bond donors (Lipinski definition) is 6. The van der Waals surface area contributed by atoms with Gasteiger partial charge in [-0.05, 0) is 48.5 Å². The zero-order valence-corrected chi connectivity index (χ0v) is 14.4. The van der Waals surface area contributed by atoms with Gasteiger partial charge in [0.15, 0.2) is 23.0 Å². The Bertz CT molecular complexity index is 960. The summed E-state index contributed by atoms with van der Waals surface area (Å²) in [6.45, 7) is 0. The predicted octanol–water partition coefficient (Wildman–Crippen LogP) is 2.71. The molecule has 0 radical (unpaired) electrons. The Morgan fingerprint density at radius 1 is 0.679 bits per heavy atom. The number of anilines is 1. The molecule has 0 heterocycles. The third-order valence-corrected chi connectivity index (χ3v) is 3.68. The number of carboxylic acid groups (broad SMARTS) is 1. The maximum Gasteiger partial charge on any atom is 0.335 e. The summed E-state index contributed by atoms with van der Waals surface area (Å²) in [6.07, 6.45) is 0. The molecule has 0 atom stereocenters. The van der Waals surface area contributed by atoms with Crippen LogP contribution >= 0.6 is 0 Å². The van der Waals surface area contributed by atoms with Crippen molar-refractivity contribution in [3.63, 3.8) is 0 Å². The molecule has 3 aromatic carbocycles. The van der Waals surface area contributed by atoms with Crippen LogP contribution < -0.4 is 5.73 Å². The zero-order chi connectivity index (χ0) is 20.8. The van der Waals surface area contributed by atoms with E-state index in [1.807, 2.05) is 0 Å². The van der Waals surface area contributed by atoms with Gasteiger partial charge in [-0.3, -0.25) is 4.79 Å². The van der Waals surface area contributed by atoms with Crippen LogP contribution in [0.1, 0.15) is 26.3 Å². The van der Waals surface area contributed by atoms with E-state index in [9.17, 15) is 30.0 Å². The van der Waals surface area contributed by atoms with Gasteiger partial charge in [0.2, 0.25) is 5.78 Å². The molecule has 0 saturated heterocycles. The molecule has 0 unspecified atom stereocenters. The Labute approximate surface area is 159 Å². The van der Waals surface area contributed by atoms with Crippen LogP contribution in [0, 0.1) is 0 Å². The van der Waals surface area contributed by atoms with Crippen LogP contribution in [0.5, 0.6) is 23.0 Å². The molecule has 0 aliphatic carbocycles. The molecule has 7 N–H and O–H groups in total. The van der Waals surface area contributed by atoms with E-state index in [4.69, 9.17) is 10.8 Å². The minimum absolute atomic E-state index is 0.157. The lowest BCUT2D eigenvalue weighted by molar-refractivity contribution is 0.0696. The minimum Gasteiger partial charge on any atom is -0.504 e. The van der Waals surface area contributed by atoms with Gasteiger partial charge in [-0.15, -0.1) is 0 Å². The lowest BCUT2D eigenvalue weighted by atomic mass is 10.0. The Morgan fingerprint density at radius 3 is 1.50 bits per heavy atom. The van der Waals surface area contributed by atoms with E-state index in [0.29, 0.717) is 5.69 Å². The summed E-state index contributed by atoms with van der Waals surface area (Å²) in [5.74, 6) is -3.62. The quantitative estimate of drug-likeness (QED) is 0.228. The SMILES string of the molecule is Nc1ccc(C(=O)O)cc1.O=C(c1cccc(O)c1O)c1cccc(O)c1O. The smallest absolute Gasteiger partial charge is 0.335 e. The van der Waals surface area contributed by atoms with E-state index in [1.165, 1.54) is 48.5 Å². The van der Waals surface area contributed by atoms with Gasteiger partial charge in [0.1, 0.15) is 0 Å². The highest BCUT2D eigenvalue weighted by atomic mass is 16.4. The molecule has 0 fully saturated rings. The zero-order valence-electron chi connectivity index (χ0n) is 14.4. The maximum atomic E-state index is 12.1. The van der Waals surface area contributed by atoms with Crippen LogP contribution in [0.4, 0.5) is 5.69 Å². The molecule has 0 saturated carbocycles. The van der Waals surface area contributed by atoms with Crippen molar-refractivity contribution >= 4 is 17.4 Å². The predicted molar refractivity (Wildman–Crippen MR) is 101 cm³/mol. The van der Waals surface area contributed by atoms with E-state index in [1.54, 1.807) is 12.1 Å². The monoisotopic (exact) mass is 383 g/mol. The Balaban J connectivity index is 0.000000237. The first-order valence-corrected chi connectivity index (χ1v) is 7.87. The van der Waals surface area contributed by atoms with Crippen molar-refractivity contribution < 1.29 is 35.1 Å². The highest BCUT2D eigenvalue weighted by molar-refractivity contribution is 6.12. The molecule has 8 nitrogen and oxygen atoms in total. The number of aromatic carboxylic acids is 1. The second-order valence-corrected chi connectivity index (χ2v) is 5.60. The summed E-state index contributed by atoms with van der Waals surface area (Å²) in [7, 11) is 0. The second-order valence-electron chi connectivity index (χ2n) is 5.60. The lowest BCUT2D eigenvalue weighted by Crippen LogP contribution is -2.02. The van der Waals surface area contributed by atoms with Crippen molar-refractivity contribution in [2.75, 3.05) is 5.73 Å². The van der Waals surface area contributed by atoms with E-state index >= 15 is 0 Å². The van der Waals surface area contributed by atoms with Crippen molar-refractivity contribution in [3.05, 3.63) is 77.4 Å². The lowest BCUT2D eigenvalue weighted by Gasteiger charge is -2.07. The number of nitrogen functional groups attached to an aromatic ring is 1. The van der Waals surface area contributed by atoms with Gasteiger partial charge in [-0.2, -0.15) is 0 Å². The Hall–Kier alpha value is -4.20. The number of phenolic OH excluding ortho intramolecular Hbond substituents is 4. The van der Waals surface area contributed by atoms with Crippen molar-refractivity contribution in [1.82, 2.24) is 0 Å². The van der Waals surface area contributed by atoms with Crippen LogP contribution in [0.2, 0.25) is 0 Å². The molecular weight excluding hydrogens is 366 g/mol. The van der Waals surface area contributed by atoms with Gasteiger partial charge < -0.3 is 31.3 Å². The van der Waals surface area contributed by atoms with Crippen molar-refractivity contribution in [1.29, 1.82) is 0 Å². The molecule has 0 aliphatic heterocycles. The van der Waals surface area contributed by atoms with Gasteiger partial charge in [-0.1, -0.05) is 12.1 Å². The fourth-order valence-electron chi connectivity index (χ4n) is 2.20. The van der Waals surface area contributed by atoms with Crippen molar-refractivity contribution in [3.8, 4) is 23.0 Å². The number of aromatic hydroxyl groups is 4. The number of hydrogen-bond acceptors (Lipinski definition) is 7. The fourth-order valence-corrected chi connectivity index (χ4v) is 2.20. The fraction of sp³-hybridized carbons (Fsp3) is 0. The number of para-hydroxylation sites is 2. The van der Waals surface area contributed by atoms with E-state index in [-0.39, 0.29) is 16.7 Å². The number of carboxylic acids is 1. The number of rotatable bonds is 3.